The normalized spacial score (nSPS) is 14.2. The first-order valence-electron chi connectivity index (χ1n) is 12.8. The summed E-state index contributed by atoms with van der Waals surface area (Å²) in [5.41, 5.74) is 4.00. The van der Waals surface area contributed by atoms with Crippen molar-refractivity contribution in [2.24, 2.45) is 0 Å². The first-order chi connectivity index (χ1) is 19.4. The highest BCUT2D eigenvalue weighted by Gasteiger charge is 2.21. The molecule has 2 amide bonds. The van der Waals surface area contributed by atoms with Gasteiger partial charge in [0.25, 0.3) is 5.91 Å². The van der Waals surface area contributed by atoms with Gasteiger partial charge in [0.2, 0.25) is 5.91 Å². The van der Waals surface area contributed by atoms with E-state index in [9.17, 15) is 9.59 Å². The minimum absolute atomic E-state index is 0.0183. The van der Waals surface area contributed by atoms with Gasteiger partial charge in [0.05, 0.1) is 27.1 Å². The van der Waals surface area contributed by atoms with E-state index in [0.29, 0.717) is 27.0 Å². The van der Waals surface area contributed by atoms with Crippen molar-refractivity contribution >= 4 is 63.8 Å². The Morgan fingerprint density at radius 2 is 1.90 bits per heavy atom. The molecule has 2 aromatic carbocycles. The molecule has 0 radical (unpaired) electrons. The topological polar surface area (TPSA) is 87.2 Å². The number of halogens is 2. The molecule has 11 heteroatoms. The molecule has 1 aliphatic heterocycles. The zero-order valence-electron chi connectivity index (χ0n) is 21.5. The van der Waals surface area contributed by atoms with E-state index in [1.54, 1.807) is 18.3 Å². The van der Waals surface area contributed by atoms with Gasteiger partial charge in [0.1, 0.15) is 0 Å². The number of carbonyl (C=O) groups excluding carboxylic acids is 2. The number of rotatable bonds is 9. The van der Waals surface area contributed by atoms with Crippen molar-refractivity contribution in [1.29, 1.82) is 0 Å². The van der Waals surface area contributed by atoms with E-state index in [1.165, 1.54) is 29.3 Å². The van der Waals surface area contributed by atoms with Gasteiger partial charge in [-0.1, -0.05) is 53.2 Å². The van der Waals surface area contributed by atoms with Gasteiger partial charge in [0, 0.05) is 54.7 Å². The molecular weight excluding hydrogens is 585 g/mol. The van der Waals surface area contributed by atoms with Crippen molar-refractivity contribution in [2.75, 3.05) is 24.2 Å². The van der Waals surface area contributed by atoms with Crippen molar-refractivity contribution in [2.45, 2.75) is 29.8 Å². The molecular formula is C29H27Cl2N5O2S2. The van der Waals surface area contributed by atoms with E-state index in [-0.39, 0.29) is 17.9 Å². The fraction of sp³-hybridized carbons (Fsp3) is 0.241. The number of thiazole rings is 1. The predicted octanol–water partition coefficient (Wildman–Crippen LogP) is 6.64. The summed E-state index contributed by atoms with van der Waals surface area (Å²) in [6.07, 6.45) is 4.98. The lowest BCUT2D eigenvalue weighted by Gasteiger charge is -2.32. The highest BCUT2D eigenvalue weighted by Crippen LogP contribution is 2.30. The molecule has 0 aliphatic carbocycles. The average Bonchev–Trinajstić information content (AvgIpc) is 3.45. The Hall–Kier alpha value is -2.95. The number of hydrogen-bond donors (Lipinski definition) is 2. The standard InChI is InChI=1S/C29H27Cl2N5O2S2/c30-24-7-6-19(13-25(24)31)16-36-11-8-22(9-12-36)33-27(37)18-40-29-35-26(17-39-29)20-3-1-5-23(14-20)34-28(38)21-4-2-10-32-15-21/h1-7,10,13-15,17,22H,8-9,11-12,16,18H2,(H,33,37)(H,34,38). The van der Waals surface area contributed by atoms with Crippen molar-refractivity contribution < 1.29 is 9.59 Å². The summed E-state index contributed by atoms with van der Waals surface area (Å²) in [5, 5.41) is 9.18. The quantitative estimate of drug-likeness (QED) is 0.206. The Kier molecular flexibility index (Phi) is 9.72. The highest BCUT2D eigenvalue weighted by atomic mass is 35.5. The third-order valence-electron chi connectivity index (χ3n) is 6.49. The number of benzene rings is 2. The first-order valence-corrected chi connectivity index (χ1v) is 15.4. The molecule has 0 unspecified atom stereocenters. The molecule has 206 valence electrons. The molecule has 3 heterocycles. The predicted molar refractivity (Wildman–Crippen MR) is 163 cm³/mol. The molecule has 5 rings (SSSR count). The number of aromatic nitrogens is 2. The van der Waals surface area contributed by atoms with Gasteiger partial charge in [-0.15, -0.1) is 11.3 Å². The third-order valence-corrected chi connectivity index (χ3v) is 9.25. The molecule has 4 aromatic rings. The number of carbonyl (C=O) groups is 2. The van der Waals surface area contributed by atoms with Gasteiger partial charge in [-0.25, -0.2) is 4.98 Å². The fourth-order valence-electron chi connectivity index (χ4n) is 4.44. The zero-order valence-corrected chi connectivity index (χ0v) is 24.6. The smallest absolute Gasteiger partial charge is 0.257 e. The Bertz CT molecular complexity index is 1480. The third kappa shape index (κ3) is 7.83. The van der Waals surface area contributed by atoms with Crippen molar-refractivity contribution in [3.63, 3.8) is 0 Å². The lowest BCUT2D eigenvalue weighted by atomic mass is 10.0. The number of pyridine rings is 1. The summed E-state index contributed by atoms with van der Waals surface area (Å²) in [6, 6.07) is 16.9. The van der Waals surface area contributed by atoms with Gasteiger partial charge in [0.15, 0.2) is 4.34 Å². The molecule has 2 N–H and O–H groups in total. The Balaban J connectivity index is 1.07. The van der Waals surface area contributed by atoms with Gasteiger partial charge in [-0.05, 0) is 54.8 Å². The molecule has 2 aromatic heterocycles. The maximum absolute atomic E-state index is 12.6. The van der Waals surface area contributed by atoms with Crippen LogP contribution in [-0.4, -0.2) is 51.6 Å². The largest absolute Gasteiger partial charge is 0.353 e. The number of nitrogens with one attached hydrogen (secondary N) is 2. The maximum atomic E-state index is 12.6. The van der Waals surface area contributed by atoms with E-state index in [2.05, 4.69) is 20.5 Å². The van der Waals surface area contributed by atoms with Crippen LogP contribution in [0.15, 0.2) is 76.7 Å². The molecule has 0 bridgehead atoms. The second-order valence-corrected chi connectivity index (χ2v) is 12.3. The molecule has 40 heavy (non-hydrogen) atoms. The van der Waals surface area contributed by atoms with E-state index in [4.69, 9.17) is 28.2 Å². The fourth-order valence-corrected chi connectivity index (χ4v) is 6.41. The summed E-state index contributed by atoms with van der Waals surface area (Å²) < 4.78 is 0.825. The van der Waals surface area contributed by atoms with Crippen molar-refractivity contribution in [1.82, 2.24) is 20.2 Å². The molecule has 7 nitrogen and oxygen atoms in total. The number of piperidine rings is 1. The minimum atomic E-state index is -0.220. The number of nitrogens with zero attached hydrogens (tertiary/aromatic N) is 3. The monoisotopic (exact) mass is 611 g/mol. The summed E-state index contributed by atoms with van der Waals surface area (Å²) in [6.45, 7) is 2.64. The van der Waals surface area contributed by atoms with Gasteiger partial charge >= 0.3 is 0 Å². The SMILES string of the molecule is O=C(CSc1nc(-c2cccc(NC(=O)c3cccnc3)c2)cs1)NC1CCN(Cc2ccc(Cl)c(Cl)c2)CC1. The number of hydrogen-bond acceptors (Lipinski definition) is 7. The maximum Gasteiger partial charge on any atom is 0.257 e. The first kappa shape index (κ1) is 28.6. The molecule has 0 atom stereocenters. The van der Waals surface area contributed by atoms with Crippen LogP contribution < -0.4 is 10.6 Å². The van der Waals surface area contributed by atoms with Crippen LogP contribution in [-0.2, 0) is 11.3 Å². The number of thioether (sulfide) groups is 1. The number of amides is 2. The van der Waals surface area contributed by atoms with Crippen LogP contribution in [0.5, 0.6) is 0 Å². The Labute approximate surface area is 251 Å². The molecule has 1 saturated heterocycles. The molecule has 0 saturated carbocycles. The van der Waals surface area contributed by atoms with Crippen molar-refractivity contribution in [3.05, 3.63) is 93.5 Å². The summed E-state index contributed by atoms with van der Waals surface area (Å²) >= 11 is 15.1. The number of likely N-dealkylation sites (tertiary alicyclic amines) is 1. The van der Waals surface area contributed by atoms with E-state index in [0.717, 1.165) is 53.6 Å². The van der Waals surface area contributed by atoms with Gasteiger partial charge in [-0.3, -0.25) is 19.5 Å². The zero-order chi connectivity index (χ0) is 27.9. The summed E-state index contributed by atoms with van der Waals surface area (Å²) in [5.74, 6) is 0.116. The lowest BCUT2D eigenvalue weighted by Crippen LogP contribution is -2.44. The summed E-state index contributed by atoms with van der Waals surface area (Å²) in [7, 11) is 0. The Morgan fingerprint density at radius 1 is 1.05 bits per heavy atom. The molecule has 1 fully saturated rings. The minimum Gasteiger partial charge on any atom is -0.353 e. The second-order valence-electron chi connectivity index (χ2n) is 9.43. The van der Waals surface area contributed by atoms with Gasteiger partial charge in [-0.2, -0.15) is 0 Å². The molecule has 1 aliphatic rings. The lowest BCUT2D eigenvalue weighted by molar-refractivity contribution is -0.119. The number of anilines is 1. The van der Waals surface area contributed by atoms with E-state index in [1.807, 2.05) is 47.8 Å². The molecule has 0 spiro atoms. The van der Waals surface area contributed by atoms with Gasteiger partial charge < -0.3 is 10.6 Å². The van der Waals surface area contributed by atoms with Crippen LogP contribution in [0, 0.1) is 0 Å². The second kappa shape index (κ2) is 13.6. The van der Waals surface area contributed by atoms with Crippen molar-refractivity contribution in [3.8, 4) is 11.3 Å². The van der Waals surface area contributed by atoms with Crippen LogP contribution in [0.4, 0.5) is 5.69 Å². The van der Waals surface area contributed by atoms with Crippen LogP contribution in [0.25, 0.3) is 11.3 Å². The van der Waals surface area contributed by atoms with Crippen LogP contribution in [0.2, 0.25) is 10.0 Å². The van der Waals surface area contributed by atoms with Crippen LogP contribution in [0.1, 0.15) is 28.8 Å². The van der Waals surface area contributed by atoms with E-state index >= 15 is 0 Å². The van der Waals surface area contributed by atoms with Crippen LogP contribution >= 0.6 is 46.3 Å². The van der Waals surface area contributed by atoms with Crippen LogP contribution in [0.3, 0.4) is 0 Å². The van der Waals surface area contributed by atoms with E-state index < -0.39 is 0 Å². The average molecular weight is 613 g/mol. The summed E-state index contributed by atoms with van der Waals surface area (Å²) in [4.78, 5) is 36.1. The highest BCUT2D eigenvalue weighted by molar-refractivity contribution is 8.01. The Morgan fingerprint density at radius 3 is 2.67 bits per heavy atom.